The number of guanidine groups is 1. The molecule has 2 amide bonds. The fourth-order valence-corrected chi connectivity index (χ4v) is 7.38. The van der Waals surface area contributed by atoms with Crippen LogP contribution in [0.3, 0.4) is 0 Å². The third kappa shape index (κ3) is 16.6. The van der Waals surface area contributed by atoms with Gasteiger partial charge in [0.1, 0.15) is 17.3 Å². The number of unbranched alkanes of at least 4 members (excludes halogenated alkanes) is 1. The van der Waals surface area contributed by atoms with Crippen molar-refractivity contribution in [2.45, 2.75) is 131 Å². The lowest BCUT2D eigenvalue weighted by Crippen LogP contribution is -2.52. The van der Waals surface area contributed by atoms with Crippen molar-refractivity contribution in [1.29, 1.82) is 0 Å². The summed E-state index contributed by atoms with van der Waals surface area (Å²) in [5, 5.41) is 15.9. The van der Waals surface area contributed by atoms with E-state index in [2.05, 4.69) is 15.6 Å². The summed E-state index contributed by atoms with van der Waals surface area (Å²) < 4.78 is 0. The van der Waals surface area contributed by atoms with Gasteiger partial charge in [0.25, 0.3) is 0 Å². The molecule has 5 atom stereocenters. The molecule has 1 fully saturated rings. The fraction of sp³-hybridized carbons (Fsp3) is 0.690. The molecule has 1 heterocycles. The number of nitrogens with one attached hydrogen (secondary N) is 2. The van der Waals surface area contributed by atoms with E-state index in [1.807, 2.05) is 41.7 Å². The molecule has 0 radical (unpaired) electrons. The maximum absolute atomic E-state index is 14.2. The molecule has 2 rings (SSSR count). The van der Waals surface area contributed by atoms with Crippen LogP contribution < -0.4 is 22.1 Å². The summed E-state index contributed by atoms with van der Waals surface area (Å²) in [6.07, 6.45) is 4.41. The van der Waals surface area contributed by atoms with Crippen molar-refractivity contribution < 1.29 is 33.9 Å². The van der Waals surface area contributed by atoms with Gasteiger partial charge in [-0.3, -0.25) is 33.8 Å². The van der Waals surface area contributed by atoms with Gasteiger partial charge < -0.3 is 32.1 Å². The van der Waals surface area contributed by atoms with Gasteiger partial charge in [0.15, 0.2) is 17.5 Å². The zero-order valence-corrected chi connectivity index (χ0v) is 34.3. The predicted molar refractivity (Wildman–Crippen MR) is 215 cm³/mol. The first-order valence-electron chi connectivity index (χ1n) is 20.0. The summed E-state index contributed by atoms with van der Waals surface area (Å²) in [6.45, 7) is 12.5. The molecule has 13 nitrogen and oxygen atoms in total. The van der Waals surface area contributed by atoms with Gasteiger partial charge in [-0.2, -0.15) is 0 Å². The second-order valence-electron chi connectivity index (χ2n) is 16.8. The second-order valence-corrected chi connectivity index (χ2v) is 16.8. The molecule has 7 N–H and O–H groups in total. The normalized spacial score (nSPS) is 16.6. The molecule has 308 valence electrons. The zero-order chi connectivity index (χ0) is 41.3. The van der Waals surface area contributed by atoms with Crippen molar-refractivity contribution in [3.63, 3.8) is 0 Å². The van der Waals surface area contributed by atoms with Crippen LogP contribution >= 0.6 is 0 Å². The first-order chi connectivity index (χ1) is 25.8. The summed E-state index contributed by atoms with van der Waals surface area (Å²) in [6, 6.07) is 4.72. The van der Waals surface area contributed by atoms with Crippen molar-refractivity contribution in [2.24, 2.45) is 45.5 Å². The maximum atomic E-state index is 14.2. The number of hydrogen-bond acceptors (Lipinski definition) is 9. The van der Waals surface area contributed by atoms with E-state index in [0.717, 1.165) is 13.0 Å². The molecule has 1 aliphatic rings. The minimum atomic E-state index is -0.911. The number of nitrogens with zero attached hydrogens (tertiary/aromatic N) is 2. The average molecular weight is 769 g/mol. The van der Waals surface area contributed by atoms with Crippen LogP contribution in [0, 0.1) is 29.1 Å². The maximum Gasteiger partial charge on any atom is 0.226 e. The van der Waals surface area contributed by atoms with Gasteiger partial charge in [-0.05, 0) is 101 Å². The lowest BCUT2D eigenvalue weighted by Gasteiger charge is -2.33. The number of hydrogen-bond donors (Lipinski definition) is 5. The monoisotopic (exact) mass is 769 g/mol. The smallest absolute Gasteiger partial charge is 0.226 e. The number of aromatic hydroxyl groups is 1. The average Bonchev–Trinajstić information content (AvgIpc) is 3.60. The molecule has 1 saturated heterocycles. The number of aliphatic imine (C=N–C) groups is 1. The molecular formula is C42H68N6O7. The lowest BCUT2D eigenvalue weighted by atomic mass is 9.79. The fourth-order valence-electron chi connectivity index (χ4n) is 7.38. The third-order valence-electron chi connectivity index (χ3n) is 10.4. The highest BCUT2D eigenvalue weighted by Gasteiger charge is 2.40. The van der Waals surface area contributed by atoms with Crippen LogP contribution in [0.5, 0.6) is 5.75 Å². The largest absolute Gasteiger partial charge is 0.508 e. The molecular weight excluding hydrogens is 700 g/mol. The van der Waals surface area contributed by atoms with Gasteiger partial charge in [0.2, 0.25) is 11.8 Å². The van der Waals surface area contributed by atoms with Crippen LogP contribution in [-0.4, -0.2) is 89.7 Å². The lowest BCUT2D eigenvalue weighted by molar-refractivity contribution is -0.143. The van der Waals surface area contributed by atoms with Crippen molar-refractivity contribution >= 4 is 40.9 Å². The number of phenolic OH excluding ortho intramolecular Hbond substituents is 1. The Kier molecular flexibility index (Phi) is 19.7. The number of nitrogens with two attached hydrogens (primary N) is 2. The number of rotatable bonds is 25. The minimum absolute atomic E-state index is 0.00199. The second kappa shape index (κ2) is 23.1. The Balaban J connectivity index is 2.35. The van der Waals surface area contributed by atoms with Gasteiger partial charge in [-0.25, -0.2) is 0 Å². The Labute approximate surface area is 328 Å². The van der Waals surface area contributed by atoms with Gasteiger partial charge in [-0.1, -0.05) is 46.8 Å². The molecule has 0 aliphatic carbocycles. The highest BCUT2D eigenvalue weighted by atomic mass is 16.3. The highest BCUT2D eigenvalue weighted by Crippen LogP contribution is 2.29. The SMILES string of the molecule is CNCCCCC(=O)C[C@@H](CCCN=C(N)N)C(=O)N1CCC[C@H]1C(=O)C[C@@H](Cc1ccc(O)cc1)C(=O)N[C@H](C(=O)C[C@@H](CC(C)C)C(C)=O)C(C)(C)C. The number of phenols is 1. The molecule has 1 aromatic carbocycles. The van der Waals surface area contributed by atoms with Gasteiger partial charge in [0.05, 0.1) is 12.1 Å². The van der Waals surface area contributed by atoms with Crippen molar-refractivity contribution in [1.82, 2.24) is 15.5 Å². The minimum Gasteiger partial charge on any atom is -0.508 e. The Morgan fingerprint density at radius 1 is 0.945 bits per heavy atom. The molecule has 0 unspecified atom stereocenters. The Hall–Kier alpha value is -4.13. The van der Waals surface area contributed by atoms with Crippen molar-refractivity contribution in [3.05, 3.63) is 29.8 Å². The van der Waals surface area contributed by atoms with Crippen molar-refractivity contribution in [2.75, 3.05) is 26.7 Å². The summed E-state index contributed by atoms with van der Waals surface area (Å²) in [5.41, 5.74) is 11.0. The molecule has 13 heteroatoms. The van der Waals surface area contributed by atoms with Crippen LogP contribution in [0.4, 0.5) is 0 Å². The number of carbonyl (C=O) groups excluding carboxylic acids is 6. The molecule has 1 aliphatic heterocycles. The van der Waals surface area contributed by atoms with E-state index in [-0.39, 0.29) is 72.4 Å². The number of amides is 2. The Bertz CT molecular complexity index is 1470. The topological polar surface area (TPSA) is 214 Å². The molecule has 1 aromatic rings. The zero-order valence-electron chi connectivity index (χ0n) is 34.3. The number of benzene rings is 1. The van der Waals surface area contributed by atoms with Crippen LogP contribution in [0.15, 0.2) is 29.3 Å². The van der Waals surface area contributed by atoms with E-state index in [1.165, 1.54) is 19.1 Å². The van der Waals surface area contributed by atoms with Crippen LogP contribution in [0.1, 0.15) is 118 Å². The van der Waals surface area contributed by atoms with E-state index >= 15 is 0 Å². The standard InChI is InChI=1S/C42H68N6O7/c1-27(2)22-31(28(3)49)25-37(53)38(42(4,5)6)47-39(54)32(23-29-15-17-33(50)18-16-29)26-36(52)35-14-11-21-48(35)40(55)30(12-10-20-46-41(43)44)24-34(51)13-8-9-19-45-7/h15-18,27,30-32,35,38,45,50H,8-14,19-26H2,1-7H3,(H,47,54)(H4,43,44,46)/t30-,31-,32-,35+,38-/m1/s1. The van der Waals surface area contributed by atoms with E-state index in [1.54, 1.807) is 17.0 Å². The third-order valence-corrected chi connectivity index (χ3v) is 10.4. The van der Waals surface area contributed by atoms with E-state index < -0.39 is 41.2 Å². The van der Waals surface area contributed by atoms with E-state index in [0.29, 0.717) is 63.6 Å². The molecule has 0 saturated carbocycles. The van der Waals surface area contributed by atoms with Crippen molar-refractivity contribution in [3.8, 4) is 5.75 Å². The van der Waals surface area contributed by atoms with Gasteiger partial charge in [0, 0.05) is 56.5 Å². The molecule has 0 aromatic heterocycles. The molecule has 0 bridgehead atoms. The van der Waals surface area contributed by atoms with Crippen LogP contribution in [0.2, 0.25) is 0 Å². The molecule has 0 spiro atoms. The van der Waals surface area contributed by atoms with Crippen LogP contribution in [0.25, 0.3) is 0 Å². The van der Waals surface area contributed by atoms with Crippen LogP contribution in [-0.2, 0) is 35.2 Å². The summed E-state index contributed by atoms with van der Waals surface area (Å²) in [4.78, 5) is 87.4. The summed E-state index contributed by atoms with van der Waals surface area (Å²) in [5.74, 6) is -3.10. The molecule has 55 heavy (non-hydrogen) atoms. The number of Topliss-reactive ketones (excluding diaryl/α,β-unsaturated/α-hetero) is 4. The predicted octanol–water partition coefficient (Wildman–Crippen LogP) is 4.26. The summed E-state index contributed by atoms with van der Waals surface area (Å²) in [7, 11) is 1.86. The first-order valence-corrected chi connectivity index (χ1v) is 20.0. The Morgan fingerprint density at radius 3 is 2.20 bits per heavy atom. The number of ketones is 4. The van der Waals surface area contributed by atoms with E-state index in [4.69, 9.17) is 11.5 Å². The number of likely N-dealkylation sites (tertiary alicyclic amines) is 1. The number of carbonyl (C=O) groups is 6. The summed E-state index contributed by atoms with van der Waals surface area (Å²) >= 11 is 0. The van der Waals surface area contributed by atoms with E-state index in [9.17, 15) is 33.9 Å². The Morgan fingerprint density at radius 2 is 1.62 bits per heavy atom. The highest BCUT2D eigenvalue weighted by molar-refractivity contribution is 5.96. The van der Waals surface area contributed by atoms with Gasteiger partial charge >= 0.3 is 0 Å². The van der Waals surface area contributed by atoms with Gasteiger partial charge in [-0.15, -0.1) is 0 Å². The first kappa shape index (κ1) is 47.0. The quantitative estimate of drug-likeness (QED) is 0.0542.